The summed E-state index contributed by atoms with van der Waals surface area (Å²) in [4.78, 5) is 0. The van der Waals surface area contributed by atoms with Crippen LogP contribution in [0.15, 0.2) is 146 Å². The van der Waals surface area contributed by atoms with E-state index in [1.165, 1.54) is 76.5 Å². The van der Waals surface area contributed by atoms with E-state index in [9.17, 15) is 0 Å². The molecule has 0 aromatic heterocycles. The van der Waals surface area contributed by atoms with Crippen LogP contribution in [0.3, 0.4) is 0 Å². The molecular formula is C45H43Cl2SiZr. The van der Waals surface area contributed by atoms with Gasteiger partial charge in [0.15, 0.2) is 0 Å². The van der Waals surface area contributed by atoms with Gasteiger partial charge >= 0.3 is 26.2 Å². The topological polar surface area (TPSA) is 0 Å². The maximum Gasteiger partial charge on any atom is 4.00 e. The van der Waals surface area contributed by atoms with E-state index in [-0.39, 0.29) is 51.0 Å². The van der Waals surface area contributed by atoms with Crippen molar-refractivity contribution >= 4 is 53.3 Å². The van der Waals surface area contributed by atoms with E-state index in [4.69, 9.17) is 0 Å². The van der Waals surface area contributed by atoms with Crippen LogP contribution in [0.2, 0.25) is 6.55 Å². The van der Waals surface area contributed by atoms with E-state index in [0.29, 0.717) is 0 Å². The van der Waals surface area contributed by atoms with Crippen molar-refractivity contribution in [2.24, 2.45) is 0 Å². The summed E-state index contributed by atoms with van der Waals surface area (Å²) in [5.41, 5.74) is 8.15. The molecule has 8 aromatic rings. The molecule has 0 atom stereocenters. The minimum absolute atomic E-state index is 0. The number of aryl methyl sites for hydroxylation is 2. The fourth-order valence-corrected chi connectivity index (χ4v) is 6.39. The molecule has 0 spiro atoms. The molecule has 4 heteroatoms. The maximum atomic E-state index is 2.97. The molecule has 0 aliphatic heterocycles. The van der Waals surface area contributed by atoms with Crippen molar-refractivity contribution in [1.29, 1.82) is 0 Å². The third kappa shape index (κ3) is 9.11. The van der Waals surface area contributed by atoms with Crippen LogP contribution in [0, 0.1) is 0 Å². The second-order valence-electron chi connectivity index (χ2n) is 11.1. The first-order valence-corrected chi connectivity index (χ1v) is 17.6. The Morgan fingerprint density at radius 1 is 0.429 bits per heavy atom. The first-order valence-electron chi connectivity index (χ1n) is 16.6. The molecule has 0 heterocycles. The number of halogens is 2. The van der Waals surface area contributed by atoms with Crippen LogP contribution < -0.4 is 24.8 Å². The summed E-state index contributed by atoms with van der Waals surface area (Å²) < 4.78 is 0. The van der Waals surface area contributed by atoms with Gasteiger partial charge in [-0.05, 0) is 45.5 Å². The molecule has 0 saturated heterocycles. The van der Waals surface area contributed by atoms with E-state index < -0.39 is 0 Å². The smallest absolute Gasteiger partial charge is 1.00 e. The molecule has 3 radical (unpaired) electrons. The fraction of sp³-hybridized carbons (Fsp3) is 0.156. The third-order valence-electron chi connectivity index (χ3n) is 8.60. The Morgan fingerprint density at radius 2 is 0.735 bits per heavy atom. The van der Waals surface area contributed by atoms with Crippen LogP contribution in [0.1, 0.15) is 38.8 Å². The van der Waals surface area contributed by atoms with Crippen LogP contribution in [0.4, 0.5) is 0 Å². The minimum Gasteiger partial charge on any atom is -1.00 e. The van der Waals surface area contributed by atoms with Gasteiger partial charge in [-0.2, -0.15) is 12.1 Å². The minimum atomic E-state index is 0. The SMILES string of the molecule is CC.CCc1cc2c(-c3cccc4ccccc34)cccc2[cH-]1.CCc1cc2c(-c3cccc4ccccc34)cccc2[cH-]1.C[Si].[Cl-].[Cl-].[Zr+4]. The largest absolute Gasteiger partial charge is 4.00 e. The zero-order chi connectivity index (χ0) is 32.5. The number of hydrogen-bond acceptors (Lipinski definition) is 0. The van der Waals surface area contributed by atoms with E-state index in [1.807, 2.05) is 13.8 Å². The average molecular weight is 774 g/mol. The molecule has 0 fully saturated rings. The van der Waals surface area contributed by atoms with Gasteiger partial charge in [0.1, 0.15) is 0 Å². The van der Waals surface area contributed by atoms with E-state index in [0.717, 1.165) is 12.8 Å². The summed E-state index contributed by atoms with van der Waals surface area (Å²) >= 11 is 0. The number of fused-ring (bicyclic) bond motifs is 4. The predicted molar refractivity (Wildman–Crippen MR) is 207 cm³/mol. The number of benzene rings is 6. The van der Waals surface area contributed by atoms with Crippen molar-refractivity contribution in [2.45, 2.75) is 47.1 Å². The molecule has 0 saturated carbocycles. The quantitative estimate of drug-likeness (QED) is 0.132. The fourth-order valence-electron chi connectivity index (χ4n) is 6.39. The van der Waals surface area contributed by atoms with Gasteiger partial charge in [-0.15, -0.1) is 69.1 Å². The van der Waals surface area contributed by atoms with Crippen LogP contribution in [0.25, 0.3) is 65.3 Å². The van der Waals surface area contributed by atoms with Crippen LogP contribution in [-0.4, -0.2) is 10.2 Å². The van der Waals surface area contributed by atoms with Crippen molar-refractivity contribution in [3.05, 3.63) is 157 Å². The first kappa shape index (κ1) is 41.9. The summed E-state index contributed by atoms with van der Waals surface area (Å²) in [6.45, 7) is 10.2. The molecule has 49 heavy (non-hydrogen) atoms. The van der Waals surface area contributed by atoms with Gasteiger partial charge in [0.25, 0.3) is 0 Å². The van der Waals surface area contributed by atoms with Crippen molar-refractivity contribution < 1.29 is 51.0 Å². The molecule has 0 unspecified atom stereocenters. The number of hydrogen-bond donors (Lipinski definition) is 0. The van der Waals surface area contributed by atoms with Crippen molar-refractivity contribution in [1.82, 2.24) is 0 Å². The van der Waals surface area contributed by atoms with E-state index in [1.54, 1.807) is 6.55 Å². The maximum absolute atomic E-state index is 2.97. The molecule has 8 aromatic carbocycles. The monoisotopic (exact) mass is 771 g/mol. The molecule has 0 amide bonds. The Labute approximate surface area is 328 Å². The van der Waals surface area contributed by atoms with Crippen LogP contribution in [0.5, 0.6) is 0 Å². The summed E-state index contributed by atoms with van der Waals surface area (Å²) in [6.07, 6.45) is 2.17. The zero-order valence-electron chi connectivity index (χ0n) is 29.0. The summed E-state index contributed by atoms with van der Waals surface area (Å²) in [6, 6.07) is 52.9. The summed E-state index contributed by atoms with van der Waals surface area (Å²) in [5, 5.41) is 10.7. The second kappa shape index (κ2) is 20.4. The first-order chi connectivity index (χ1) is 22.7. The van der Waals surface area contributed by atoms with Gasteiger partial charge in [0, 0.05) is 10.2 Å². The Morgan fingerprint density at radius 3 is 1.10 bits per heavy atom. The van der Waals surface area contributed by atoms with Crippen LogP contribution in [-0.2, 0) is 39.0 Å². The van der Waals surface area contributed by atoms with Gasteiger partial charge in [-0.3, -0.25) is 0 Å². The van der Waals surface area contributed by atoms with Crippen molar-refractivity contribution in [2.75, 3.05) is 0 Å². The molecule has 0 aliphatic carbocycles. The summed E-state index contributed by atoms with van der Waals surface area (Å²) in [5.74, 6) is 0. The van der Waals surface area contributed by atoms with Crippen molar-refractivity contribution in [3.63, 3.8) is 0 Å². The molecule has 0 N–H and O–H groups in total. The van der Waals surface area contributed by atoms with Gasteiger partial charge in [-0.1, -0.05) is 142 Å². The zero-order valence-corrected chi connectivity index (χ0v) is 34.0. The molecule has 0 aliphatic rings. The van der Waals surface area contributed by atoms with Gasteiger partial charge in [0.2, 0.25) is 0 Å². The van der Waals surface area contributed by atoms with Gasteiger partial charge in [0.05, 0.1) is 0 Å². The Balaban J connectivity index is 0.000000293. The predicted octanol–water partition coefficient (Wildman–Crippen LogP) is 7.12. The molecule has 245 valence electrons. The van der Waals surface area contributed by atoms with Gasteiger partial charge < -0.3 is 24.8 Å². The standard InChI is InChI=1S/2C21H17.C2H6.CH3Si.2ClH.Zr/c2*1-2-15-13-17-9-6-12-20(21(17)14-15)19-11-5-8-16-7-3-4-10-18(16)19;2*1-2;;;/h2*3-14H,2H2,1H3;1-2H3;1H3;2*1H;/q2*-1;;;;;+4/p-2. The Kier molecular flexibility index (Phi) is 17.5. The molecule has 0 bridgehead atoms. The van der Waals surface area contributed by atoms with Gasteiger partial charge in [-0.25, -0.2) is 0 Å². The van der Waals surface area contributed by atoms with Crippen LogP contribution >= 0.6 is 0 Å². The summed E-state index contributed by atoms with van der Waals surface area (Å²) in [7, 11) is 2.97. The Hall–Kier alpha value is -3.26. The molecule has 8 rings (SSSR count). The number of rotatable bonds is 4. The normalized spacial score (nSPS) is 9.92. The van der Waals surface area contributed by atoms with E-state index in [2.05, 4.69) is 170 Å². The van der Waals surface area contributed by atoms with Crippen molar-refractivity contribution in [3.8, 4) is 22.3 Å². The average Bonchev–Trinajstić information content (AvgIpc) is 3.77. The second-order valence-corrected chi connectivity index (χ2v) is 11.1. The Bertz CT molecular complexity index is 2020. The van der Waals surface area contributed by atoms with E-state index >= 15 is 0 Å². The third-order valence-corrected chi connectivity index (χ3v) is 8.60. The molecular weight excluding hydrogens is 731 g/mol. The molecule has 0 nitrogen and oxygen atoms in total.